The molecule has 0 radical (unpaired) electrons. The van der Waals surface area contributed by atoms with Crippen LogP contribution in [0.2, 0.25) is 0 Å². The van der Waals surface area contributed by atoms with Crippen molar-refractivity contribution in [2.45, 2.75) is 29.8 Å². The summed E-state index contributed by atoms with van der Waals surface area (Å²) in [5.41, 5.74) is 0. The molecule has 0 spiro atoms. The fraction of sp³-hybridized carbons (Fsp3) is 0.571. The van der Waals surface area contributed by atoms with Crippen LogP contribution in [-0.4, -0.2) is 35.8 Å². The number of benzene rings is 1. The molecule has 18 heavy (non-hydrogen) atoms. The molecular formula is C14H21NO2S. The van der Waals surface area contributed by atoms with E-state index in [0.717, 1.165) is 13.1 Å². The molecule has 1 aliphatic heterocycles. The molecule has 1 aromatic carbocycles. The van der Waals surface area contributed by atoms with Crippen molar-refractivity contribution in [1.29, 1.82) is 0 Å². The number of hydrogen-bond acceptors (Lipinski definition) is 4. The second-order valence-corrected chi connectivity index (χ2v) is 6.46. The first-order valence-electron chi connectivity index (χ1n) is 6.33. The van der Waals surface area contributed by atoms with Crippen LogP contribution in [0.1, 0.15) is 13.8 Å². The van der Waals surface area contributed by atoms with Crippen LogP contribution in [0.25, 0.3) is 0 Å². The van der Waals surface area contributed by atoms with Gasteiger partial charge in [0.05, 0.1) is 6.61 Å². The summed E-state index contributed by atoms with van der Waals surface area (Å²) < 4.78 is 5.48. The van der Waals surface area contributed by atoms with E-state index in [1.165, 1.54) is 4.90 Å². The lowest BCUT2D eigenvalue weighted by molar-refractivity contribution is -0.182. The predicted molar refractivity (Wildman–Crippen MR) is 74.7 cm³/mol. The van der Waals surface area contributed by atoms with Gasteiger partial charge in [-0.05, 0) is 26.0 Å². The molecule has 2 N–H and O–H groups in total. The largest absolute Gasteiger partial charge is 0.366 e. The van der Waals surface area contributed by atoms with Crippen LogP contribution in [0.3, 0.4) is 0 Å². The molecule has 1 fully saturated rings. The van der Waals surface area contributed by atoms with Gasteiger partial charge in [0.2, 0.25) is 0 Å². The Morgan fingerprint density at radius 2 is 2.06 bits per heavy atom. The molecule has 0 aliphatic carbocycles. The van der Waals surface area contributed by atoms with Gasteiger partial charge in [0.1, 0.15) is 0 Å². The lowest BCUT2D eigenvalue weighted by Gasteiger charge is -2.23. The van der Waals surface area contributed by atoms with Gasteiger partial charge >= 0.3 is 0 Å². The van der Waals surface area contributed by atoms with E-state index in [1.54, 1.807) is 13.8 Å². The fourth-order valence-corrected chi connectivity index (χ4v) is 3.23. The maximum absolute atomic E-state index is 9.60. The van der Waals surface area contributed by atoms with Crippen LogP contribution in [0.4, 0.5) is 0 Å². The molecular weight excluding hydrogens is 246 g/mol. The Hall–Kier alpha value is -0.550. The Bertz CT molecular complexity index is 364. The molecule has 1 unspecified atom stereocenters. The van der Waals surface area contributed by atoms with Crippen LogP contribution >= 0.6 is 11.8 Å². The standard InChI is InChI=1S/C14H21NO2S/c1-14(2,16)17-10-11-8-15-9-13(11)18-12-6-4-3-5-7-12/h3-7,11,13,15-16H,8-10H2,1-2H3/t11?,13-/m0/s1. The van der Waals surface area contributed by atoms with Gasteiger partial charge in [-0.3, -0.25) is 0 Å². The van der Waals surface area contributed by atoms with E-state index < -0.39 is 5.79 Å². The average molecular weight is 267 g/mol. The Labute approximate surface area is 113 Å². The van der Waals surface area contributed by atoms with Crippen LogP contribution in [-0.2, 0) is 4.74 Å². The van der Waals surface area contributed by atoms with Crippen LogP contribution in [0, 0.1) is 5.92 Å². The maximum Gasteiger partial charge on any atom is 0.159 e. The summed E-state index contributed by atoms with van der Waals surface area (Å²) >= 11 is 1.89. The maximum atomic E-state index is 9.60. The summed E-state index contributed by atoms with van der Waals surface area (Å²) in [5.74, 6) is -0.591. The van der Waals surface area contributed by atoms with E-state index in [-0.39, 0.29) is 0 Å². The number of aliphatic hydroxyl groups is 1. The Kier molecular flexibility index (Phi) is 4.67. The summed E-state index contributed by atoms with van der Waals surface area (Å²) in [6.07, 6.45) is 0. The third-order valence-corrected chi connectivity index (χ3v) is 4.36. The summed E-state index contributed by atoms with van der Waals surface area (Å²) in [4.78, 5) is 1.29. The van der Waals surface area contributed by atoms with Gasteiger partial charge in [0.25, 0.3) is 0 Å². The van der Waals surface area contributed by atoms with Crippen molar-refractivity contribution in [2.24, 2.45) is 5.92 Å². The first-order valence-corrected chi connectivity index (χ1v) is 7.21. The summed E-state index contributed by atoms with van der Waals surface area (Å²) in [7, 11) is 0. The number of hydrogen-bond donors (Lipinski definition) is 2. The van der Waals surface area contributed by atoms with E-state index in [1.807, 2.05) is 17.8 Å². The van der Waals surface area contributed by atoms with E-state index in [9.17, 15) is 5.11 Å². The monoisotopic (exact) mass is 267 g/mol. The Morgan fingerprint density at radius 1 is 1.33 bits per heavy atom. The first-order chi connectivity index (χ1) is 8.54. The molecule has 1 aliphatic rings. The van der Waals surface area contributed by atoms with Crippen molar-refractivity contribution < 1.29 is 9.84 Å². The van der Waals surface area contributed by atoms with Gasteiger partial charge in [-0.25, -0.2) is 0 Å². The SMILES string of the molecule is CC(C)(O)OCC1CNC[C@@H]1Sc1ccccc1. The zero-order valence-electron chi connectivity index (χ0n) is 10.9. The quantitative estimate of drug-likeness (QED) is 0.802. The van der Waals surface area contributed by atoms with E-state index in [2.05, 4.69) is 29.6 Å². The molecule has 0 amide bonds. The summed E-state index contributed by atoms with van der Waals surface area (Å²) in [6, 6.07) is 10.4. The highest BCUT2D eigenvalue weighted by Crippen LogP contribution is 2.30. The predicted octanol–water partition coefficient (Wildman–Crippen LogP) is 2.11. The lowest BCUT2D eigenvalue weighted by Crippen LogP contribution is -2.30. The number of ether oxygens (including phenoxy) is 1. The van der Waals surface area contributed by atoms with E-state index >= 15 is 0 Å². The average Bonchev–Trinajstić information content (AvgIpc) is 2.74. The fourth-order valence-electron chi connectivity index (χ4n) is 2.00. The second kappa shape index (κ2) is 6.06. The zero-order valence-corrected chi connectivity index (χ0v) is 11.7. The van der Waals surface area contributed by atoms with Gasteiger partial charge in [0.15, 0.2) is 5.79 Å². The number of thioether (sulfide) groups is 1. The number of rotatable bonds is 5. The molecule has 3 nitrogen and oxygen atoms in total. The van der Waals surface area contributed by atoms with Crippen molar-refractivity contribution in [3.05, 3.63) is 30.3 Å². The van der Waals surface area contributed by atoms with Crippen molar-refractivity contribution in [3.8, 4) is 0 Å². The minimum atomic E-state index is -1.04. The molecule has 0 saturated carbocycles. The minimum absolute atomic E-state index is 0.446. The highest BCUT2D eigenvalue weighted by molar-refractivity contribution is 8.00. The van der Waals surface area contributed by atoms with Gasteiger partial charge < -0.3 is 15.2 Å². The molecule has 2 rings (SSSR count). The van der Waals surface area contributed by atoms with Crippen molar-refractivity contribution in [2.75, 3.05) is 19.7 Å². The van der Waals surface area contributed by atoms with E-state index in [0.29, 0.717) is 17.8 Å². The Morgan fingerprint density at radius 3 is 2.72 bits per heavy atom. The Balaban J connectivity index is 1.88. The van der Waals surface area contributed by atoms with Gasteiger partial charge in [-0.15, -0.1) is 11.8 Å². The number of nitrogens with one attached hydrogen (secondary N) is 1. The van der Waals surface area contributed by atoms with Crippen LogP contribution in [0.5, 0.6) is 0 Å². The summed E-state index contributed by atoms with van der Waals surface area (Å²) in [5, 5.41) is 13.5. The highest BCUT2D eigenvalue weighted by atomic mass is 32.2. The van der Waals surface area contributed by atoms with Gasteiger partial charge in [-0.1, -0.05) is 18.2 Å². The molecule has 1 aromatic rings. The highest BCUT2D eigenvalue weighted by Gasteiger charge is 2.29. The minimum Gasteiger partial charge on any atom is -0.366 e. The van der Waals surface area contributed by atoms with Crippen molar-refractivity contribution >= 4 is 11.8 Å². The third kappa shape index (κ3) is 4.28. The molecule has 1 saturated heterocycles. The molecule has 2 atom stereocenters. The lowest BCUT2D eigenvalue weighted by atomic mass is 10.1. The molecule has 0 aromatic heterocycles. The molecule has 4 heteroatoms. The summed E-state index contributed by atoms with van der Waals surface area (Å²) in [6.45, 7) is 5.91. The van der Waals surface area contributed by atoms with Crippen LogP contribution < -0.4 is 5.32 Å². The van der Waals surface area contributed by atoms with Crippen molar-refractivity contribution in [1.82, 2.24) is 5.32 Å². The molecule has 0 bridgehead atoms. The smallest absolute Gasteiger partial charge is 0.159 e. The normalized spacial score (nSPS) is 24.4. The van der Waals surface area contributed by atoms with Crippen molar-refractivity contribution in [3.63, 3.8) is 0 Å². The third-order valence-electron chi connectivity index (χ3n) is 2.96. The van der Waals surface area contributed by atoms with Crippen LogP contribution in [0.15, 0.2) is 35.2 Å². The van der Waals surface area contributed by atoms with E-state index in [4.69, 9.17) is 4.74 Å². The van der Waals surface area contributed by atoms with Gasteiger partial charge in [0, 0.05) is 29.2 Å². The first kappa shape index (κ1) is 13.9. The molecule has 100 valence electrons. The van der Waals surface area contributed by atoms with Gasteiger partial charge in [-0.2, -0.15) is 0 Å². The second-order valence-electron chi connectivity index (χ2n) is 5.15. The molecule has 1 heterocycles. The zero-order chi connectivity index (χ0) is 13.0. The topological polar surface area (TPSA) is 41.5 Å².